The van der Waals surface area contributed by atoms with Gasteiger partial charge in [0.25, 0.3) is 6.71 Å². The fourth-order valence-corrected chi connectivity index (χ4v) is 10.2. The SMILES string of the molecule is CCCCc1ccc2oc3ccccc3c2c1N1c2cc(-n3c4ccccc4c4ccccc43)ccc2B2c3cc(-c4ccccc4)ccc3Oc3cc(C(C)(C)C)cc1c32. The van der Waals surface area contributed by atoms with Crippen molar-refractivity contribution in [2.24, 2.45) is 0 Å². The molecular formula is C56H45BN2O2. The van der Waals surface area contributed by atoms with E-state index in [1.54, 1.807) is 0 Å². The van der Waals surface area contributed by atoms with Crippen LogP contribution >= 0.6 is 0 Å². The number of para-hydroxylation sites is 3. The Balaban J connectivity index is 1.22. The summed E-state index contributed by atoms with van der Waals surface area (Å²) in [5.41, 5.74) is 17.2. The van der Waals surface area contributed by atoms with Crippen LogP contribution in [0.15, 0.2) is 168 Å². The molecule has 294 valence electrons. The first-order valence-corrected chi connectivity index (χ1v) is 21.8. The zero-order chi connectivity index (χ0) is 41.0. The van der Waals surface area contributed by atoms with Crippen LogP contribution in [0.5, 0.6) is 11.5 Å². The highest BCUT2D eigenvalue weighted by Crippen LogP contribution is 2.49. The van der Waals surface area contributed by atoms with Crippen molar-refractivity contribution in [3.8, 4) is 28.3 Å². The number of anilines is 3. The Morgan fingerprint density at radius 1 is 0.574 bits per heavy atom. The van der Waals surface area contributed by atoms with Crippen molar-refractivity contribution in [3.05, 3.63) is 175 Å². The van der Waals surface area contributed by atoms with Crippen LogP contribution in [0.1, 0.15) is 51.7 Å². The van der Waals surface area contributed by atoms with Crippen molar-refractivity contribution in [2.45, 2.75) is 52.4 Å². The molecule has 4 nitrogen and oxygen atoms in total. The molecule has 2 aromatic heterocycles. The Labute approximate surface area is 356 Å². The first-order valence-electron chi connectivity index (χ1n) is 21.8. The van der Waals surface area contributed by atoms with Gasteiger partial charge in [0.2, 0.25) is 0 Å². The average Bonchev–Trinajstić information content (AvgIpc) is 3.84. The molecule has 10 aromatic rings. The van der Waals surface area contributed by atoms with Gasteiger partial charge in [-0.3, -0.25) is 0 Å². The van der Waals surface area contributed by atoms with Gasteiger partial charge in [0, 0.05) is 33.2 Å². The number of aromatic nitrogens is 1. The van der Waals surface area contributed by atoms with Gasteiger partial charge in [-0.2, -0.15) is 0 Å². The maximum absolute atomic E-state index is 7.12. The maximum Gasteiger partial charge on any atom is 0.256 e. The smallest absolute Gasteiger partial charge is 0.256 e. The van der Waals surface area contributed by atoms with Gasteiger partial charge in [0.15, 0.2) is 0 Å². The summed E-state index contributed by atoms with van der Waals surface area (Å²) in [5.74, 6) is 1.83. The highest BCUT2D eigenvalue weighted by molar-refractivity contribution is 6.99. The topological polar surface area (TPSA) is 30.5 Å². The maximum atomic E-state index is 7.12. The van der Waals surface area contributed by atoms with E-state index < -0.39 is 0 Å². The zero-order valence-corrected chi connectivity index (χ0v) is 35.0. The van der Waals surface area contributed by atoms with Crippen molar-refractivity contribution in [2.75, 3.05) is 4.90 Å². The Bertz CT molecular complexity index is 3330. The molecule has 0 radical (unpaired) electrons. The van der Waals surface area contributed by atoms with Gasteiger partial charge >= 0.3 is 0 Å². The normalized spacial score (nSPS) is 13.2. The lowest BCUT2D eigenvalue weighted by atomic mass is 9.34. The van der Waals surface area contributed by atoms with Crippen LogP contribution in [0.2, 0.25) is 0 Å². The summed E-state index contributed by atoms with van der Waals surface area (Å²) in [4.78, 5) is 2.60. The van der Waals surface area contributed by atoms with Crippen molar-refractivity contribution in [1.29, 1.82) is 0 Å². The number of hydrogen-bond acceptors (Lipinski definition) is 3. The van der Waals surface area contributed by atoms with Gasteiger partial charge in [0.1, 0.15) is 22.7 Å². The highest BCUT2D eigenvalue weighted by atomic mass is 16.5. The van der Waals surface area contributed by atoms with Crippen LogP contribution in [0.25, 0.3) is 60.6 Å². The summed E-state index contributed by atoms with van der Waals surface area (Å²) in [6.07, 6.45) is 3.13. The summed E-state index contributed by atoms with van der Waals surface area (Å²) in [6, 6.07) is 60.1. The van der Waals surface area contributed by atoms with E-state index in [4.69, 9.17) is 9.15 Å². The minimum atomic E-state index is -0.141. The van der Waals surface area contributed by atoms with E-state index in [0.29, 0.717) is 0 Å². The molecule has 8 aromatic carbocycles. The van der Waals surface area contributed by atoms with Gasteiger partial charge < -0.3 is 18.6 Å². The molecule has 2 aliphatic rings. The molecule has 2 aliphatic heterocycles. The van der Waals surface area contributed by atoms with E-state index in [1.807, 2.05) is 0 Å². The number of unbranched alkanes of at least 4 members (excludes halogenated alkanes) is 1. The van der Waals surface area contributed by atoms with Gasteiger partial charge in [-0.25, -0.2) is 0 Å². The second-order valence-corrected chi connectivity index (χ2v) is 17.9. The van der Waals surface area contributed by atoms with Crippen LogP contribution in [-0.4, -0.2) is 11.3 Å². The third kappa shape index (κ3) is 5.46. The first-order chi connectivity index (χ1) is 29.9. The number of benzene rings is 8. The molecule has 5 heteroatoms. The molecule has 0 aliphatic carbocycles. The minimum Gasteiger partial charge on any atom is -0.458 e. The van der Waals surface area contributed by atoms with E-state index in [-0.39, 0.29) is 12.1 Å². The average molecular weight is 789 g/mol. The molecule has 12 rings (SSSR count). The third-order valence-corrected chi connectivity index (χ3v) is 13.2. The number of furan rings is 1. The zero-order valence-electron chi connectivity index (χ0n) is 35.0. The number of rotatable bonds is 6. The standard InChI is InChI=1S/C56H45BN2O2/c1-5-6-16-36-25-30-51-53(42-21-12-15-24-49(42)60-51)55(36)59-47-34-39(58-45-22-13-10-19-40(45)41-20-11-14-23-46(41)58)27-28-43(47)57-44-31-37(35-17-8-7-9-18-35)26-29-50(44)61-52-33-38(56(2,3)4)32-48(59)54(52)57/h7-15,17-34H,5-6,16H2,1-4H3. The summed E-state index contributed by atoms with van der Waals surface area (Å²) < 4.78 is 16.3. The minimum absolute atomic E-state index is 0.0655. The van der Waals surface area contributed by atoms with Crippen molar-refractivity contribution < 1.29 is 9.15 Å². The Hall–Kier alpha value is -6.98. The Morgan fingerprint density at radius 2 is 1.30 bits per heavy atom. The van der Waals surface area contributed by atoms with Gasteiger partial charge in [-0.05, 0) is 111 Å². The predicted octanol–water partition coefficient (Wildman–Crippen LogP) is 13.4. The molecule has 0 saturated heterocycles. The molecule has 61 heavy (non-hydrogen) atoms. The Morgan fingerprint density at radius 3 is 2.05 bits per heavy atom. The van der Waals surface area contributed by atoms with Gasteiger partial charge in [0.05, 0.1) is 22.1 Å². The lowest BCUT2D eigenvalue weighted by Crippen LogP contribution is -2.59. The van der Waals surface area contributed by atoms with Crippen LogP contribution < -0.4 is 26.0 Å². The fourth-order valence-electron chi connectivity index (χ4n) is 10.2. The summed E-state index contributed by atoms with van der Waals surface area (Å²) in [5, 5.41) is 4.78. The summed E-state index contributed by atoms with van der Waals surface area (Å²) in [7, 11) is 0. The van der Waals surface area contributed by atoms with E-state index in [2.05, 4.69) is 201 Å². The summed E-state index contributed by atoms with van der Waals surface area (Å²) in [6.45, 7) is 9.14. The molecule has 0 unspecified atom stereocenters. The fraction of sp³-hybridized carbons (Fsp3) is 0.143. The van der Waals surface area contributed by atoms with Crippen molar-refractivity contribution >= 4 is 83.9 Å². The predicted molar refractivity (Wildman–Crippen MR) is 257 cm³/mol. The quantitative estimate of drug-likeness (QED) is 0.157. The van der Waals surface area contributed by atoms with E-state index in [9.17, 15) is 0 Å². The van der Waals surface area contributed by atoms with E-state index >= 15 is 0 Å². The van der Waals surface area contributed by atoms with Crippen molar-refractivity contribution in [3.63, 3.8) is 0 Å². The lowest BCUT2D eigenvalue weighted by molar-refractivity contribution is 0.483. The molecule has 0 atom stereocenters. The number of hydrogen-bond donors (Lipinski definition) is 0. The third-order valence-electron chi connectivity index (χ3n) is 13.2. The first kappa shape index (κ1) is 35.9. The highest BCUT2D eigenvalue weighted by Gasteiger charge is 2.44. The molecule has 0 N–H and O–H groups in total. The van der Waals surface area contributed by atoms with Crippen LogP contribution in [0, 0.1) is 0 Å². The second-order valence-electron chi connectivity index (χ2n) is 17.9. The molecule has 0 spiro atoms. The molecule has 0 fully saturated rings. The molecule has 0 saturated carbocycles. The summed E-state index contributed by atoms with van der Waals surface area (Å²) >= 11 is 0. The van der Waals surface area contributed by atoms with E-state index in [0.717, 1.165) is 64.1 Å². The monoisotopic (exact) mass is 788 g/mol. The van der Waals surface area contributed by atoms with Crippen LogP contribution in [0.4, 0.5) is 17.1 Å². The van der Waals surface area contributed by atoms with Gasteiger partial charge in [-0.1, -0.05) is 143 Å². The Kier molecular flexibility index (Phi) is 7.96. The lowest BCUT2D eigenvalue weighted by Gasteiger charge is -2.42. The number of ether oxygens (including phenoxy) is 1. The molecule has 0 amide bonds. The number of fused-ring (bicyclic) bond motifs is 10. The number of nitrogens with zero attached hydrogens (tertiary/aromatic N) is 2. The molecule has 4 heterocycles. The second kappa shape index (κ2) is 13.5. The number of aryl methyl sites for hydroxylation is 1. The largest absolute Gasteiger partial charge is 0.458 e. The van der Waals surface area contributed by atoms with Gasteiger partial charge in [-0.15, -0.1) is 0 Å². The van der Waals surface area contributed by atoms with E-state index in [1.165, 1.54) is 71.8 Å². The van der Waals surface area contributed by atoms with Crippen LogP contribution in [-0.2, 0) is 11.8 Å². The van der Waals surface area contributed by atoms with Crippen LogP contribution in [0.3, 0.4) is 0 Å². The molecular weight excluding hydrogens is 743 g/mol. The molecule has 0 bridgehead atoms. The van der Waals surface area contributed by atoms with Crippen molar-refractivity contribution in [1.82, 2.24) is 4.57 Å².